The molecular weight excluding hydrogens is 334 g/mol. The quantitative estimate of drug-likeness (QED) is 0.857. The van der Waals surface area contributed by atoms with Crippen LogP contribution in [0.4, 0.5) is 0 Å². The molecule has 3 aliphatic rings. The summed E-state index contributed by atoms with van der Waals surface area (Å²) in [5.74, 6) is 0.0991. The smallest absolute Gasteiger partial charge is 0.251 e. The number of nitrogens with zero attached hydrogens (tertiary/aromatic N) is 1. The fourth-order valence-electron chi connectivity index (χ4n) is 5.49. The molecule has 4 nitrogen and oxygen atoms in total. The molecule has 27 heavy (non-hydrogen) atoms. The number of carbonyl (C=O) groups excluding carboxylic acids is 1. The SMILES string of the molecule is O=C(NC1CCN(C2CCCC2)CC1)c1ccc2[nH]c3c(c2c1)CCCC3. The van der Waals surface area contributed by atoms with Gasteiger partial charge in [-0.15, -0.1) is 0 Å². The summed E-state index contributed by atoms with van der Waals surface area (Å²) in [6.45, 7) is 2.28. The van der Waals surface area contributed by atoms with Crippen molar-refractivity contribution in [3.63, 3.8) is 0 Å². The molecule has 1 aromatic carbocycles. The van der Waals surface area contributed by atoms with E-state index >= 15 is 0 Å². The first-order chi connectivity index (χ1) is 13.3. The Morgan fingerprint density at radius 3 is 2.59 bits per heavy atom. The van der Waals surface area contributed by atoms with Crippen molar-refractivity contribution >= 4 is 16.8 Å². The summed E-state index contributed by atoms with van der Waals surface area (Å²) in [5, 5.41) is 4.57. The van der Waals surface area contributed by atoms with Gasteiger partial charge in [-0.2, -0.15) is 0 Å². The molecule has 1 aromatic heterocycles. The number of benzene rings is 1. The fraction of sp³-hybridized carbons (Fsp3) is 0.609. The van der Waals surface area contributed by atoms with E-state index < -0.39 is 0 Å². The maximum Gasteiger partial charge on any atom is 0.251 e. The van der Waals surface area contributed by atoms with Crippen molar-refractivity contribution in [2.45, 2.75) is 76.3 Å². The third-order valence-electron chi connectivity index (χ3n) is 7.07. The first-order valence-corrected chi connectivity index (χ1v) is 11.0. The molecule has 1 saturated carbocycles. The summed E-state index contributed by atoms with van der Waals surface area (Å²) in [6.07, 6.45) is 12.5. The number of aryl methyl sites for hydroxylation is 2. The molecule has 4 heteroatoms. The number of aromatic nitrogens is 1. The Kier molecular flexibility index (Phi) is 4.68. The molecule has 0 bridgehead atoms. The molecule has 0 spiro atoms. The van der Waals surface area contributed by atoms with E-state index in [1.54, 1.807) is 0 Å². The predicted octanol–water partition coefficient (Wildman–Crippen LogP) is 4.18. The highest BCUT2D eigenvalue weighted by Crippen LogP contribution is 2.30. The standard InChI is InChI=1S/C23H31N3O/c27-23(24-17-11-13-26(14-12-17)18-5-1-2-6-18)16-9-10-22-20(15-16)19-7-3-4-8-21(19)25-22/h9-10,15,17-18,25H,1-8,11-14H2,(H,24,27). The number of piperidine rings is 1. The predicted molar refractivity (Wildman–Crippen MR) is 109 cm³/mol. The largest absolute Gasteiger partial charge is 0.358 e. The number of likely N-dealkylation sites (tertiary alicyclic amines) is 1. The fourth-order valence-corrected chi connectivity index (χ4v) is 5.49. The summed E-state index contributed by atoms with van der Waals surface area (Å²) in [7, 11) is 0. The zero-order chi connectivity index (χ0) is 18.2. The third-order valence-corrected chi connectivity index (χ3v) is 7.07. The normalized spacial score (nSPS) is 22.2. The number of carbonyl (C=O) groups is 1. The summed E-state index contributed by atoms with van der Waals surface area (Å²) in [5.41, 5.74) is 4.82. The zero-order valence-corrected chi connectivity index (χ0v) is 16.2. The van der Waals surface area contributed by atoms with Crippen LogP contribution in [0.5, 0.6) is 0 Å². The second-order valence-corrected chi connectivity index (χ2v) is 8.77. The lowest BCUT2D eigenvalue weighted by molar-refractivity contribution is 0.0892. The molecule has 1 saturated heterocycles. The number of hydrogen-bond donors (Lipinski definition) is 2. The molecule has 2 aromatic rings. The molecule has 0 atom stereocenters. The lowest BCUT2D eigenvalue weighted by atomic mass is 9.95. The Labute approximate surface area is 161 Å². The Morgan fingerprint density at radius 2 is 1.78 bits per heavy atom. The molecule has 0 unspecified atom stereocenters. The summed E-state index contributed by atoms with van der Waals surface area (Å²) in [6, 6.07) is 7.31. The molecule has 1 aliphatic heterocycles. The van der Waals surface area contributed by atoms with Crippen LogP contribution in [0.1, 0.15) is 73.0 Å². The number of amides is 1. The minimum atomic E-state index is 0.0991. The van der Waals surface area contributed by atoms with Crippen LogP contribution in [0.3, 0.4) is 0 Å². The summed E-state index contributed by atoms with van der Waals surface area (Å²) in [4.78, 5) is 19.1. The van der Waals surface area contributed by atoms with Gasteiger partial charge < -0.3 is 15.2 Å². The average Bonchev–Trinajstić information content (AvgIpc) is 3.36. The van der Waals surface area contributed by atoms with Crippen molar-refractivity contribution in [1.29, 1.82) is 0 Å². The van der Waals surface area contributed by atoms with Gasteiger partial charge in [-0.05, 0) is 75.1 Å². The highest BCUT2D eigenvalue weighted by Gasteiger charge is 2.28. The van der Waals surface area contributed by atoms with Gasteiger partial charge in [0.2, 0.25) is 0 Å². The van der Waals surface area contributed by atoms with E-state index in [0.29, 0.717) is 6.04 Å². The number of fused-ring (bicyclic) bond motifs is 3. The maximum absolute atomic E-state index is 12.8. The number of rotatable bonds is 3. The summed E-state index contributed by atoms with van der Waals surface area (Å²) < 4.78 is 0. The highest BCUT2D eigenvalue weighted by atomic mass is 16.1. The summed E-state index contributed by atoms with van der Waals surface area (Å²) >= 11 is 0. The molecular formula is C23H31N3O. The van der Waals surface area contributed by atoms with E-state index in [1.165, 1.54) is 60.7 Å². The van der Waals surface area contributed by atoms with Gasteiger partial charge in [-0.1, -0.05) is 12.8 Å². The Hall–Kier alpha value is -1.81. The lowest BCUT2D eigenvalue weighted by Crippen LogP contribution is -2.47. The first kappa shape index (κ1) is 17.3. The van der Waals surface area contributed by atoms with E-state index in [1.807, 2.05) is 6.07 Å². The highest BCUT2D eigenvalue weighted by molar-refractivity contribution is 5.99. The van der Waals surface area contributed by atoms with Crippen molar-refractivity contribution in [3.8, 4) is 0 Å². The van der Waals surface area contributed by atoms with Crippen molar-refractivity contribution in [3.05, 3.63) is 35.0 Å². The van der Waals surface area contributed by atoms with Crippen LogP contribution in [0.2, 0.25) is 0 Å². The topological polar surface area (TPSA) is 48.1 Å². The van der Waals surface area contributed by atoms with Crippen molar-refractivity contribution < 1.29 is 4.79 Å². The van der Waals surface area contributed by atoms with Crippen LogP contribution < -0.4 is 5.32 Å². The average molecular weight is 366 g/mol. The van der Waals surface area contributed by atoms with Crippen molar-refractivity contribution in [1.82, 2.24) is 15.2 Å². The van der Waals surface area contributed by atoms with Gasteiger partial charge >= 0.3 is 0 Å². The molecule has 1 amide bonds. The van der Waals surface area contributed by atoms with Gasteiger partial charge in [0.15, 0.2) is 0 Å². The van der Waals surface area contributed by atoms with Crippen LogP contribution in [0.15, 0.2) is 18.2 Å². The Balaban J connectivity index is 1.24. The minimum absolute atomic E-state index is 0.0991. The molecule has 2 heterocycles. The van der Waals surface area contributed by atoms with Gasteiger partial charge in [-0.25, -0.2) is 0 Å². The number of H-pyrrole nitrogens is 1. The number of aromatic amines is 1. The molecule has 5 rings (SSSR count). The van der Waals surface area contributed by atoms with Crippen LogP contribution >= 0.6 is 0 Å². The first-order valence-electron chi connectivity index (χ1n) is 11.0. The van der Waals surface area contributed by atoms with Gasteiger partial charge in [0, 0.05) is 47.3 Å². The van der Waals surface area contributed by atoms with Crippen LogP contribution in [-0.2, 0) is 12.8 Å². The molecule has 2 N–H and O–H groups in total. The van der Waals surface area contributed by atoms with Gasteiger partial charge in [0.1, 0.15) is 0 Å². The van der Waals surface area contributed by atoms with Crippen LogP contribution in [0, 0.1) is 0 Å². The van der Waals surface area contributed by atoms with E-state index in [0.717, 1.165) is 50.4 Å². The second kappa shape index (κ2) is 7.31. The van der Waals surface area contributed by atoms with Gasteiger partial charge in [-0.3, -0.25) is 4.79 Å². The van der Waals surface area contributed by atoms with Crippen molar-refractivity contribution in [2.24, 2.45) is 0 Å². The zero-order valence-electron chi connectivity index (χ0n) is 16.2. The van der Waals surface area contributed by atoms with Gasteiger partial charge in [0.25, 0.3) is 5.91 Å². The van der Waals surface area contributed by atoms with Crippen LogP contribution in [-0.4, -0.2) is 41.0 Å². The number of nitrogens with one attached hydrogen (secondary N) is 2. The maximum atomic E-state index is 12.8. The van der Waals surface area contributed by atoms with E-state index in [9.17, 15) is 4.79 Å². The Morgan fingerprint density at radius 1 is 1.00 bits per heavy atom. The van der Waals surface area contributed by atoms with Crippen molar-refractivity contribution in [2.75, 3.05) is 13.1 Å². The molecule has 2 fully saturated rings. The van der Waals surface area contributed by atoms with E-state index in [-0.39, 0.29) is 5.91 Å². The van der Waals surface area contributed by atoms with Crippen LogP contribution in [0.25, 0.3) is 10.9 Å². The minimum Gasteiger partial charge on any atom is -0.358 e. The molecule has 2 aliphatic carbocycles. The number of hydrogen-bond acceptors (Lipinski definition) is 2. The third kappa shape index (κ3) is 3.40. The Bertz CT molecular complexity index is 826. The molecule has 0 radical (unpaired) electrons. The monoisotopic (exact) mass is 365 g/mol. The lowest BCUT2D eigenvalue weighted by Gasteiger charge is -2.36. The molecule has 144 valence electrons. The second-order valence-electron chi connectivity index (χ2n) is 8.77. The van der Waals surface area contributed by atoms with Gasteiger partial charge in [0.05, 0.1) is 0 Å². The van der Waals surface area contributed by atoms with E-state index in [4.69, 9.17) is 0 Å². The van der Waals surface area contributed by atoms with E-state index in [2.05, 4.69) is 27.3 Å².